The van der Waals surface area contributed by atoms with Crippen LogP contribution in [0.5, 0.6) is 0 Å². The van der Waals surface area contributed by atoms with E-state index in [1.807, 2.05) is 36.5 Å². The number of hydrogen-bond donors (Lipinski definition) is 1. The van der Waals surface area contributed by atoms with Crippen molar-refractivity contribution in [3.8, 4) is 12.1 Å². The van der Waals surface area contributed by atoms with E-state index in [2.05, 4.69) is 56.5 Å². The number of nitrogens with zero attached hydrogens (tertiary/aromatic N) is 5. The van der Waals surface area contributed by atoms with Crippen molar-refractivity contribution in [2.75, 3.05) is 0 Å². The van der Waals surface area contributed by atoms with Gasteiger partial charge in [0.05, 0.1) is 21.2 Å². The predicted octanol–water partition coefficient (Wildman–Crippen LogP) is 6.88. The van der Waals surface area contributed by atoms with Crippen LogP contribution in [0.4, 0.5) is 0 Å². The van der Waals surface area contributed by atoms with Crippen LogP contribution in [-0.4, -0.2) is 24.4 Å². The molecule has 0 aromatic carbocycles. The van der Waals surface area contributed by atoms with Gasteiger partial charge in [0.1, 0.15) is 17.3 Å². The monoisotopic (exact) mass is 526 g/mol. The highest BCUT2D eigenvalue weighted by atomic mass is 35.5. The molecule has 0 radical (unpaired) electrons. The van der Waals surface area contributed by atoms with Gasteiger partial charge in [-0.3, -0.25) is 0 Å². The summed E-state index contributed by atoms with van der Waals surface area (Å²) >= 11 is 8.92. The fraction of sp³-hybridized carbons (Fsp3) is 0.346. The van der Waals surface area contributed by atoms with Gasteiger partial charge in [-0.25, -0.2) is 15.0 Å². The number of halogens is 1. The molecule has 6 nitrogen and oxygen atoms in total. The molecule has 35 heavy (non-hydrogen) atoms. The fourth-order valence-corrected chi connectivity index (χ4v) is 4.02. The average molecular weight is 527 g/mol. The molecule has 2 N–H and O–H groups in total. The molecule has 0 unspecified atom stereocenters. The summed E-state index contributed by atoms with van der Waals surface area (Å²) in [5.41, 5.74) is 7.70. The van der Waals surface area contributed by atoms with Gasteiger partial charge in [0.2, 0.25) is 0 Å². The maximum atomic E-state index is 8.56. The fourth-order valence-electron chi connectivity index (χ4n) is 2.17. The zero-order valence-electron chi connectivity index (χ0n) is 20.9. The molecule has 0 fully saturated rings. The second-order valence-corrected chi connectivity index (χ2v) is 13.2. The first kappa shape index (κ1) is 30.4. The highest BCUT2D eigenvalue weighted by Gasteiger charge is 2.13. The van der Waals surface area contributed by atoms with Crippen molar-refractivity contribution in [2.45, 2.75) is 67.6 Å². The molecule has 0 aliphatic heterocycles. The molecule has 0 saturated carbocycles. The Morgan fingerprint density at radius 3 is 1.51 bits per heavy atom. The summed E-state index contributed by atoms with van der Waals surface area (Å²) in [5, 5.41) is 19.3. The number of aromatic nitrogens is 3. The minimum atomic E-state index is 0.168. The third kappa shape index (κ3) is 14.4. The van der Waals surface area contributed by atoms with Crippen LogP contribution in [0.15, 0.2) is 65.0 Å². The Balaban J connectivity index is 0.000000267. The summed E-state index contributed by atoms with van der Waals surface area (Å²) < 4.78 is 0.387. The SMILES string of the molecule is CC(C)(C)Sc1ccc(C#N)cn1.CC(C)(C)Sc1ccc(CN)cn1.N#Cc1ccc(Cl)nc1. The Bertz CT molecular complexity index is 1110. The van der Waals surface area contributed by atoms with Gasteiger partial charge in [-0.05, 0) is 35.9 Å². The van der Waals surface area contributed by atoms with Gasteiger partial charge in [-0.2, -0.15) is 10.5 Å². The summed E-state index contributed by atoms with van der Waals surface area (Å²) in [6, 6.07) is 14.9. The molecule has 9 heteroatoms. The molecule has 184 valence electrons. The van der Waals surface area contributed by atoms with Crippen LogP contribution in [0.25, 0.3) is 0 Å². The quantitative estimate of drug-likeness (QED) is 0.290. The molecular weight excluding hydrogens is 496 g/mol. The van der Waals surface area contributed by atoms with E-state index in [4.69, 9.17) is 27.9 Å². The first-order valence-corrected chi connectivity index (χ1v) is 12.8. The van der Waals surface area contributed by atoms with Gasteiger partial charge in [-0.15, -0.1) is 23.5 Å². The first-order chi connectivity index (χ1) is 16.3. The minimum Gasteiger partial charge on any atom is -0.326 e. The zero-order valence-corrected chi connectivity index (χ0v) is 23.3. The van der Waals surface area contributed by atoms with Crippen LogP contribution in [0, 0.1) is 22.7 Å². The zero-order chi connectivity index (χ0) is 26.5. The molecule has 0 amide bonds. The second kappa shape index (κ2) is 14.7. The number of hydrogen-bond acceptors (Lipinski definition) is 8. The predicted molar refractivity (Wildman–Crippen MR) is 146 cm³/mol. The molecular formula is C26H31ClN6S2. The third-order valence-electron chi connectivity index (χ3n) is 3.58. The summed E-state index contributed by atoms with van der Waals surface area (Å²) in [6.45, 7) is 13.5. The van der Waals surface area contributed by atoms with Gasteiger partial charge in [0.15, 0.2) is 0 Å². The van der Waals surface area contributed by atoms with Gasteiger partial charge in [-0.1, -0.05) is 59.2 Å². The average Bonchev–Trinajstić information content (AvgIpc) is 2.79. The molecule has 3 aromatic heterocycles. The van der Waals surface area contributed by atoms with Gasteiger partial charge in [0, 0.05) is 34.6 Å². The molecule has 3 rings (SSSR count). The van der Waals surface area contributed by atoms with Crippen LogP contribution in [0.2, 0.25) is 5.15 Å². The topological polar surface area (TPSA) is 112 Å². The van der Waals surface area contributed by atoms with E-state index in [1.165, 1.54) is 6.20 Å². The van der Waals surface area contributed by atoms with Gasteiger partial charge < -0.3 is 5.73 Å². The smallest absolute Gasteiger partial charge is 0.129 e. The molecule has 0 aliphatic rings. The summed E-state index contributed by atoms with van der Waals surface area (Å²) in [4.78, 5) is 12.2. The third-order valence-corrected chi connectivity index (χ3v) is 5.93. The second-order valence-electron chi connectivity index (χ2n) is 9.12. The Kier molecular flexibility index (Phi) is 12.8. The Morgan fingerprint density at radius 1 is 0.743 bits per heavy atom. The van der Waals surface area contributed by atoms with Crippen LogP contribution >= 0.6 is 35.1 Å². The Hall–Kier alpha value is -2.62. The number of rotatable bonds is 3. The molecule has 0 aliphatic carbocycles. The van der Waals surface area contributed by atoms with Gasteiger partial charge >= 0.3 is 0 Å². The number of pyridine rings is 3. The minimum absolute atomic E-state index is 0.168. The van der Waals surface area contributed by atoms with E-state index in [9.17, 15) is 0 Å². The van der Waals surface area contributed by atoms with Gasteiger partial charge in [0.25, 0.3) is 0 Å². The number of thioether (sulfide) groups is 2. The molecule has 0 saturated heterocycles. The lowest BCUT2D eigenvalue weighted by atomic mass is 10.3. The van der Waals surface area contributed by atoms with Crippen molar-refractivity contribution in [3.63, 3.8) is 0 Å². The van der Waals surface area contributed by atoms with Crippen LogP contribution in [0.1, 0.15) is 58.2 Å². The van der Waals surface area contributed by atoms with Crippen molar-refractivity contribution >= 4 is 35.1 Å². The first-order valence-electron chi connectivity index (χ1n) is 10.8. The van der Waals surface area contributed by atoms with E-state index in [0.717, 1.165) is 15.6 Å². The number of nitriles is 2. The highest BCUT2D eigenvalue weighted by Crippen LogP contribution is 2.30. The van der Waals surface area contributed by atoms with Crippen molar-refractivity contribution < 1.29 is 0 Å². The lowest BCUT2D eigenvalue weighted by molar-refractivity contribution is 0.798. The van der Waals surface area contributed by atoms with E-state index < -0.39 is 0 Å². The maximum Gasteiger partial charge on any atom is 0.129 e. The van der Waals surface area contributed by atoms with E-state index >= 15 is 0 Å². The van der Waals surface area contributed by atoms with Crippen molar-refractivity contribution in [1.29, 1.82) is 10.5 Å². The van der Waals surface area contributed by atoms with Crippen LogP contribution in [0.3, 0.4) is 0 Å². The highest BCUT2D eigenvalue weighted by molar-refractivity contribution is 8.00. The lowest BCUT2D eigenvalue weighted by Gasteiger charge is -2.16. The Morgan fingerprint density at radius 2 is 1.20 bits per heavy atom. The van der Waals surface area contributed by atoms with Crippen LogP contribution < -0.4 is 5.73 Å². The largest absolute Gasteiger partial charge is 0.326 e. The molecule has 3 heterocycles. The van der Waals surface area contributed by atoms with Crippen LogP contribution in [-0.2, 0) is 6.54 Å². The summed E-state index contributed by atoms with van der Waals surface area (Å²) in [6.07, 6.45) is 4.88. The van der Waals surface area contributed by atoms with E-state index in [0.29, 0.717) is 22.8 Å². The summed E-state index contributed by atoms with van der Waals surface area (Å²) in [7, 11) is 0. The van der Waals surface area contributed by atoms with E-state index in [-0.39, 0.29) is 9.49 Å². The van der Waals surface area contributed by atoms with E-state index in [1.54, 1.807) is 47.9 Å². The molecule has 0 bridgehead atoms. The van der Waals surface area contributed by atoms with Crippen molar-refractivity contribution in [1.82, 2.24) is 15.0 Å². The van der Waals surface area contributed by atoms with Crippen molar-refractivity contribution in [3.05, 3.63) is 76.8 Å². The standard InChI is InChI=1S/C10H16N2S.C10H12N2S.C6H3ClN2/c2*1-10(2,3)13-9-5-4-8(6-11)7-12-9;7-6-2-1-5(3-8)4-9-6/h4-5,7H,6,11H2,1-3H3;4-5,7H,1-3H3;1-2,4H. The Labute approximate surface area is 222 Å². The van der Waals surface area contributed by atoms with Crippen molar-refractivity contribution in [2.24, 2.45) is 5.73 Å². The summed E-state index contributed by atoms with van der Waals surface area (Å²) in [5.74, 6) is 0. The molecule has 0 spiro atoms. The number of nitrogens with two attached hydrogens (primary N) is 1. The normalized spacial score (nSPS) is 10.6. The lowest BCUT2D eigenvalue weighted by Crippen LogP contribution is -2.07. The maximum absolute atomic E-state index is 8.56. The molecule has 3 aromatic rings. The molecule has 0 atom stereocenters.